The number of carbonyl (C=O) groups is 2. The average molecular weight is 410 g/mol. The van der Waals surface area contributed by atoms with Crippen LogP contribution in [0.2, 0.25) is 0 Å². The summed E-state index contributed by atoms with van der Waals surface area (Å²) in [5, 5.41) is 7.55. The Morgan fingerprint density at radius 2 is 1.86 bits per heavy atom. The van der Waals surface area contributed by atoms with Crippen molar-refractivity contribution < 1.29 is 18.8 Å². The summed E-state index contributed by atoms with van der Waals surface area (Å²) >= 11 is 1.47. The molecule has 0 bridgehead atoms. The number of methoxy groups -OCH3 is 1. The molecule has 1 amide bonds. The van der Waals surface area contributed by atoms with Gasteiger partial charge in [-0.05, 0) is 38.2 Å². The number of aryl methyl sites for hydroxylation is 2. The number of carbonyl (C=O) groups excluding carboxylic acids is 2. The molecule has 29 heavy (non-hydrogen) atoms. The predicted octanol–water partition coefficient (Wildman–Crippen LogP) is 5.02. The van der Waals surface area contributed by atoms with Crippen molar-refractivity contribution in [1.82, 2.24) is 5.16 Å². The third-order valence-corrected chi connectivity index (χ3v) is 6.38. The van der Waals surface area contributed by atoms with Crippen LogP contribution in [-0.2, 0) is 17.6 Å². The molecule has 4 rings (SSSR count). The van der Waals surface area contributed by atoms with E-state index < -0.39 is 5.97 Å². The van der Waals surface area contributed by atoms with Crippen LogP contribution in [0, 0.1) is 6.92 Å². The minimum absolute atomic E-state index is 0.343. The second-order valence-electron chi connectivity index (χ2n) is 7.04. The van der Waals surface area contributed by atoms with Gasteiger partial charge in [0.15, 0.2) is 0 Å². The van der Waals surface area contributed by atoms with E-state index in [9.17, 15) is 9.59 Å². The number of aromatic nitrogens is 1. The van der Waals surface area contributed by atoms with E-state index in [0.29, 0.717) is 27.6 Å². The zero-order chi connectivity index (χ0) is 20.4. The van der Waals surface area contributed by atoms with Gasteiger partial charge in [0.25, 0.3) is 5.91 Å². The smallest absolute Gasteiger partial charge is 0.341 e. The maximum absolute atomic E-state index is 13.2. The van der Waals surface area contributed by atoms with Crippen molar-refractivity contribution in [2.24, 2.45) is 0 Å². The third kappa shape index (κ3) is 3.70. The zero-order valence-corrected chi connectivity index (χ0v) is 17.2. The average Bonchev–Trinajstić information content (AvgIpc) is 3.19. The van der Waals surface area contributed by atoms with Crippen molar-refractivity contribution in [3.05, 3.63) is 57.7 Å². The number of anilines is 1. The summed E-state index contributed by atoms with van der Waals surface area (Å²) < 4.78 is 10.3. The summed E-state index contributed by atoms with van der Waals surface area (Å²) in [4.78, 5) is 26.8. The number of nitrogens with one attached hydrogen (secondary N) is 1. The van der Waals surface area contributed by atoms with Crippen LogP contribution in [0.1, 0.15) is 56.2 Å². The van der Waals surface area contributed by atoms with Gasteiger partial charge in [-0.3, -0.25) is 4.79 Å². The van der Waals surface area contributed by atoms with Crippen molar-refractivity contribution in [3.63, 3.8) is 0 Å². The van der Waals surface area contributed by atoms with Gasteiger partial charge < -0.3 is 14.6 Å². The number of amides is 1. The Morgan fingerprint density at radius 3 is 2.62 bits per heavy atom. The van der Waals surface area contributed by atoms with Crippen molar-refractivity contribution in [2.45, 2.75) is 39.0 Å². The summed E-state index contributed by atoms with van der Waals surface area (Å²) in [7, 11) is 1.37. The molecule has 2 aromatic heterocycles. The van der Waals surface area contributed by atoms with Crippen LogP contribution in [0.15, 0.2) is 34.9 Å². The quantitative estimate of drug-likeness (QED) is 0.482. The number of thiophene rings is 1. The molecule has 0 unspecified atom stereocenters. The molecule has 1 aliphatic rings. The van der Waals surface area contributed by atoms with E-state index in [-0.39, 0.29) is 5.91 Å². The molecule has 6 nitrogen and oxygen atoms in total. The molecule has 0 saturated heterocycles. The molecule has 0 spiro atoms. The Balaban J connectivity index is 1.72. The number of benzene rings is 1. The molecule has 1 aliphatic carbocycles. The van der Waals surface area contributed by atoms with Gasteiger partial charge in [0.1, 0.15) is 22.0 Å². The van der Waals surface area contributed by atoms with Crippen LogP contribution < -0.4 is 5.32 Å². The number of fused-ring (bicyclic) bond motifs is 1. The van der Waals surface area contributed by atoms with E-state index >= 15 is 0 Å². The van der Waals surface area contributed by atoms with E-state index in [1.807, 2.05) is 30.3 Å². The zero-order valence-electron chi connectivity index (χ0n) is 16.4. The van der Waals surface area contributed by atoms with Gasteiger partial charge in [-0.2, -0.15) is 0 Å². The normalized spacial score (nSPS) is 13.4. The SMILES string of the molecule is COC(=O)c1c(NC(=O)c2c(-c3ccccc3)noc2C)sc2c1CCCCC2. The molecular formula is C22H22N2O4S. The molecule has 150 valence electrons. The second kappa shape index (κ2) is 8.21. The Bertz CT molecular complexity index is 1050. The number of rotatable bonds is 4. The van der Waals surface area contributed by atoms with Gasteiger partial charge in [-0.15, -0.1) is 11.3 Å². The van der Waals surface area contributed by atoms with E-state index in [0.717, 1.165) is 48.1 Å². The molecular weight excluding hydrogens is 388 g/mol. The molecule has 0 aliphatic heterocycles. The monoisotopic (exact) mass is 410 g/mol. The maximum Gasteiger partial charge on any atom is 0.341 e. The molecule has 1 N–H and O–H groups in total. The van der Waals surface area contributed by atoms with Gasteiger partial charge >= 0.3 is 5.97 Å². The lowest BCUT2D eigenvalue weighted by Crippen LogP contribution is -2.16. The van der Waals surface area contributed by atoms with Crippen molar-refractivity contribution in [1.29, 1.82) is 0 Å². The van der Waals surface area contributed by atoms with Crippen LogP contribution in [0.4, 0.5) is 5.00 Å². The van der Waals surface area contributed by atoms with Crippen molar-refractivity contribution >= 4 is 28.2 Å². The van der Waals surface area contributed by atoms with Crippen molar-refractivity contribution in [3.8, 4) is 11.3 Å². The molecule has 0 atom stereocenters. The first-order chi connectivity index (χ1) is 14.1. The Hall–Kier alpha value is -2.93. The fourth-order valence-corrected chi connectivity index (χ4v) is 5.02. The molecule has 0 saturated carbocycles. The fraction of sp³-hybridized carbons (Fsp3) is 0.318. The number of hydrogen-bond donors (Lipinski definition) is 1. The van der Waals surface area contributed by atoms with Gasteiger partial charge in [0.2, 0.25) is 0 Å². The summed E-state index contributed by atoms with van der Waals surface area (Å²) in [5.41, 5.74) is 3.15. The Labute approximate surface area is 172 Å². The highest BCUT2D eigenvalue weighted by atomic mass is 32.1. The molecule has 2 heterocycles. The first-order valence-electron chi connectivity index (χ1n) is 9.66. The topological polar surface area (TPSA) is 81.4 Å². The van der Waals surface area contributed by atoms with Crippen LogP contribution in [-0.4, -0.2) is 24.1 Å². The minimum atomic E-state index is -0.412. The van der Waals surface area contributed by atoms with Crippen LogP contribution in [0.5, 0.6) is 0 Å². The molecule has 0 radical (unpaired) electrons. The van der Waals surface area contributed by atoms with E-state index in [1.54, 1.807) is 6.92 Å². The predicted molar refractivity (Wildman–Crippen MR) is 112 cm³/mol. The van der Waals surface area contributed by atoms with E-state index in [1.165, 1.54) is 18.4 Å². The molecule has 3 aromatic rings. The van der Waals surface area contributed by atoms with Crippen LogP contribution in [0.3, 0.4) is 0 Å². The molecule has 1 aromatic carbocycles. The number of ether oxygens (including phenoxy) is 1. The van der Waals surface area contributed by atoms with Gasteiger partial charge in [0, 0.05) is 10.4 Å². The maximum atomic E-state index is 13.2. The van der Waals surface area contributed by atoms with E-state index in [2.05, 4.69) is 10.5 Å². The number of hydrogen-bond acceptors (Lipinski definition) is 6. The standard InChI is InChI=1S/C22H22N2O4S/c1-13-17(19(24-28-13)14-9-5-3-6-10-14)20(25)23-21-18(22(26)27-2)15-11-7-4-8-12-16(15)29-21/h3,5-6,9-10H,4,7-8,11-12H2,1-2H3,(H,23,25). The first-order valence-corrected chi connectivity index (χ1v) is 10.5. The number of esters is 1. The molecule has 7 heteroatoms. The van der Waals surface area contributed by atoms with Crippen LogP contribution >= 0.6 is 11.3 Å². The Morgan fingerprint density at radius 1 is 1.10 bits per heavy atom. The highest BCUT2D eigenvalue weighted by Gasteiger charge is 2.28. The largest absolute Gasteiger partial charge is 0.465 e. The van der Waals surface area contributed by atoms with E-state index in [4.69, 9.17) is 9.26 Å². The highest BCUT2D eigenvalue weighted by molar-refractivity contribution is 7.17. The lowest BCUT2D eigenvalue weighted by atomic mass is 10.0. The summed E-state index contributed by atoms with van der Waals surface area (Å²) in [6, 6.07) is 9.42. The highest BCUT2D eigenvalue weighted by Crippen LogP contribution is 2.38. The van der Waals surface area contributed by atoms with Gasteiger partial charge in [-0.1, -0.05) is 41.9 Å². The molecule has 0 fully saturated rings. The Kier molecular flexibility index (Phi) is 5.49. The summed E-state index contributed by atoms with van der Waals surface area (Å²) in [6.45, 7) is 1.71. The second-order valence-corrected chi connectivity index (χ2v) is 8.15. The lowest BCUT2D eigenvalue weighted by Gasteiger charge is -2.08. The lowest BCUT2D eigenvalue weighted by molar-refractivity contribution is 0.0601. The fourth-order valence-electron chi connectivity index (χ4n) is 3.75. The summed E-state index contributed by atoms with van der Waals surface area (Å²) in [6.07, 6.45) is 5.01. The first kappa shape index (κ1) is 19.4. The minimum Gasteiger partial charge on any atom is -0.465 e. The number of nitrogens with zero attached hydrogens (tertiary/aromatic N) is 1. The van der Waals surface area contributed by atoms with Crippen molar-refractivity contribution in [2.75, 3.05) is 12.4 Å². The third-order valence-electron chi connectivity index (χ3n) is 5.17. The van der Waals surface area contributed by atoms with Gasteiger partial charge in [0.05, 0.1) is 12.7 Å². The van der Waals surface area contributed by atoms with Gasteiger partial charge in [-0.25, -0.2) is 4.79 Å². The summed E-state index contributed by atoms with van der Waals surface area (Å²) in [5.74, 6) is -0.326. The van der Waals surface area contributed by atoms with Crippen LogP contribution in [0.25, 0.3) is 11.3 Å².